The van der Waals surface area contributed by atoms with E-state index in [0.29, 0.717) is 5.56 Å². The van der Waals surface area contributed by atoms with Gasteiger partial charge in [-0.15, -0.1) is 0 Å². The number of nitrogens with two attached hydrogens (primary N) is 1. The van der Waals surface area contributed by atoms with Crippen molar-refractivity contribution in [2.24, 2.45) is 5.73 Å². The van der Waals surface area contributed by atoms with Crippen LogP contribution >= 0.6 is 0 Å². The summed E-state index contributed by atoms with van der Waals surface area (Å²) in [5, 5.41) is 0. The number of rotatable bonds is 5. The molecule has 6 heteroatoms. The maximum atomic E-state index is 13.3. The summed E-state index contributed by atoms with van der Waals surface area (Å²) in [5.74, 6) is -0.444. The molecule has 0 saturated carbocycles. The zero-order chi connectivity index (χ0) is 13.8. The van der Waals surface area contributed by atoms with Crippen LogP contribution in [0.2, 0.25) is 0 Å². The predicted octanol–water partition coefficient (Wildman–Crippen LogP) is 3.05. The molecule has 0 radical (unpaired) electrons. The lowest BCUT2D eigenvalue weighted by molar-refractivity contribution is -0.136. The minimum absolute atomic E-state index is 0.0996. The molecule has 1 aromatic rings. The summed E-state index contributed by atoms with van der Waals surface area (Å²) in [6.45, 7) is 0. The van der Waals surface area contributed by atoms with Crippen LogP contribution in [0.5, 0.6) is 5.75 Å². The molecule has 0 spiro atoms. The Balaban J connectivity index is 2.54. The molecule has 0 fully saturated rings. The SMILES string of the molecule is COc1ccc(CC(N)CCC(F)(F)F)cc1F. The second-order valence-electron chi connectivity index (χ2n) is 4.09. The Morgan fingerprint density at radius 2 is 2.00 bits per heavy atom. The quantitative estimate of drug-likeness (QED) is 0.830. The predicted molar refractivity (Wildman–Crippen MR) is 59.9 cm³/mol. The smallest absolute Gasteiger partial charge is 0.389 e. The van der Waals surface area contributed by atoms with Gasteiger partial charge >= 0.3 is 6.18 Å². The number of halogens is 4. The Morgan fingerprint density at radius 1 is 1.33 bits per heavy atom. The third-order valence-electron chi connectivity index (χ3n) is 2.51. The second kappa shape index (κ2) is 6.04. The normalized spacial score (nSPS) is 13.4. The van der Waals surface area contributed by atoms with E-state index in [4.69, 9.17) is 10.5 Å². The zero-order valence-corrected chi connectivity index (χ0v) is 9.93. The van der Waals surface area contributed by atoms with Crippen molar-refractivity contribution >= 4 is 0 Å². The third kappa shape index (κ3) is 4.91. The lowest BCUT2D eigenvalue weighted by Gasteiger charge is -2.13. The first-order valence-corrected chi connectivity index (χ1v) is 5.46. The Kier molecular flexibility index (Phi) is 4.95. The minimum atomic E-state index is -4.21. The Hall–Kier alpha value is -1.30. The fourth-order valence-corrected chi connectivity index (χ4v) is 1.59. The van der Waals surface area contributed by atoms with Crippen LogP contribution in [-0.4, -0.2) is 19.3 Å². The highest BCUT2D eigenvalue weighted by atomic mass is 19.4. The van der Waals surface area contributed by atoms with Gasteiger partial charge in [-0.2, -0.15) is 13.2 Å². The molecule has 0 saturated heterocycles. The molecule has 0 aliphatic rings. The van der Waals surface area contributed by atoms with Crippen LogP contribution in [0.4, 0.5) is 17.6 Å². The van der Waals surface area contributed by atoms with Crippen LogP contribution in [0.15, 0.2) is 18.2 Å². The molecule has 2 N–H and O–H groups in total. The molecule has 0 amide bonds. The van der Waals surface area contributed by atoms with Gasteiger partial charge < -0.3 is 10.5 Å². The van der Waals surface area contributed by atoms with Crippen LogP contribution in [0, 0.1) is 5.82 Å². The van der Waals surface area contributed by atoms with Crippen molar-refractivity contribution in [1.29, 1.82) is 0 Å². The van der Waals surface area contributed by atoms with Gasteiger partial charge in [-0.3, -0.25) is 0 Å². The van der Waals surface area contributed by atoms with Crippen molar-refractivity contribution in [3.63, 3.8) is 0 Å². The molecule has 0 heterocycles. The Morgan fingerprint density at radius 3 is 2.50 bits per heavy atom. The molecule has 2 nitrogen and oxygen atoms in total. The first-order valence-electron chi connectivity index (χ1n) is 5.46. The van der Waals surface area contributed by atoms with Crippen LogP contribution in [0.1, 0.15) is 18.4 Å². The van der Waals surface area contributed by atoms with Crippen LogP contribution in [-0.2, 0) is 6.42 Å². The number of ether oxygens (including phenoxy) is 1. The van der Waals surface area contributed by atoms with Crippen molar-refractivity contribution in [2.75, 3.05) is 7.11 Å². The third-order valence-corrected chi connectivity index (χ3v) is 2.51. The Bertz CT molecular complexity index is 392. The topological polar surface area (TPSA) is 35.2 Å². The molecule has 0 aliphatic carbocycles. The Labute approximate surface area is 103 Å². The maximum absolute atomic E-state index is 13.3. The molecule has 1 atom stereocenters. The average Bonchev–Trinajstić information content (AvgIpc) is 2.26. The largest absolute Gasteiger partial charge is 0.494 e. The van der Waals surface area contributed by atoms with Crippen LogP contribution in [0.25, 0.3) is 0 Å². The van der Waals surface area contributed by atoms with Gasteiger partial charge in [0.2, 0.25) is 0 Å². The fourth-order valence-electron chi connectivity index (χ4n) is 1.59. The van der Waals surface area contributed by atoms with Crippen LogP contribution < -0.4 is 10.5 Å². The van der Waals surface area contributed by atoms with E-state index in [2.05, 4.69) is 0 Å². The minimum Gasteiger partial charge on any atom is -0.494 e. The van der Waals surface area contributed by atoms with Gasteiger partial charge in [-0.05, 0) is 30.5 Å². The number of methoxy groups -OCH3 is 1. The van der Waals surface area contributed by atoms with Gasteiger partial charge in [0.1, 0.15) is 0 Å². The van der Waals surface area contributed by atoms with E-state index in [1.54, 1.807) is 6.07 Å². The molecular weight excluding hydrogens is 250 g/mol. The molecule has 1 aromatic carbocycles. The van der Waals surface area contributed by atoms with E-state index in [1.165, 1.54) is 19.2 Å². The number of benzene rings is 1. The molecule has 18 heavy (non-hydrogen) atoms. The summed E-state index contributed by atoms with van der Waals surface area (Å²) in [6.07, 6.45) is -5.09. The number of alkyl halides is 3. The van der Waals surface area contributed by atoms with E-state index < -0.39 is 24.5 Å². The van der Waals surface area contributed by atoms with Crippen LogP contribution in [0.3, 0.4) is 0 Å². The lowest BCUT2D eigenvalue weighted by atomic mass is 10.0. The first kappa shape index (κ1) is 14.8. The van der Waals surface area contributed by atoms with E-state index >= 15 is 0 Å². The van der Waals surface area contributed by atoms with Gasteiger partial charge in [-0.25, -0.2) is 4.39 Å². The lowest BCUT2D eigenvalue weighted by Crippen LogP contribution is -2.25. The van der Waals surface area contributed by atoms with E-state index in [0.717, 1.165) is 0 Å². The molecular formula is C12H15F4NO. The van der Waals surface area contributed by atoms with Gasteiger partial charge in [0, 0.05) is 12.5 Å². The number of hydrogen-bond donors (Lipinski definition) is 1. The fraction of sp³-hybridized carbons (Fsp3) is 0.500. The van der Waals surface area contributed by atoms with Gasteiger partial charge in [0.15, 0.2) is 11.6 Å². The van der Waals surface area contributed by atoms with E-state index in [-0.39, 0.29) is 18.6 Å². The average molecular weight is 265 g/mol. The molecule has 1 unspecified atom stereocenters. The highest BCUT2D eigenvalue weighted by Gasteiger charge is 2.27. The second-order valence-corrected chi connectivity index (χ2v) is 4.09. The van der Waals surface area contributed by atoms with Crippen molar-refractivity contribution in [3.8, 4) is 5.75 Å². The zero-order valence-electron chi connectivity index (χ0n) is 9.93. The molecule has 102 valence electrons. The maximum Gasteiger partial charge on any atom is 0.389 e. The summed E-state index contributed by atoms with van der Waals surface area (Å²) in [5.41, 5.74) is 6.14. The molecule has 0 aromatic heterocycles. The monoisotopic (exact) mass is 265 g/mol. The molecule has 0 aliphatic heterocycles. The number of hydrogen-bond acceptors (Lipinski definition) is 2. The summed E-state index contributed by atoms with van der Waals surface area (Å²) in [6, 6.07) is 3.61. The van der Waals surface area contributed by atoms with E-state index in [9.17, 15) is 17.6 Å². The van der Waals surface area contributed by atoms with Crippen molar-refractivity contribution in [3.05, 3.63) is 29.6 Å². The van der Waals surface area contributed by atoms with E-state index in [1.807, 2.05) is 0 Å². The summed E-state index contributed by atoms with van der Waals surface area (Å²) in [4.78, 5) is 0. The standard InChI is InChI=1S/C12H15F4NO/c1-18-11-3-2-8(7-10(11)13)6-9(17)4-5-12(14,15)16/h2-3,7,9H,4-6,17H2,1H3. The molecule has 0 bridgehead atoms. The summed E-state index contributed by atoms with van der Waals surface area (Å²) < 4.78 is 54.0. The first-order chi connectivity index (χ1) is 8.31. The summed E-state index contributed by atoms with van der Waals surface area (Å²) in [7, 11) is 1.34. The van der Waals surface area contributed by atoms with Gasteiger partial charge in [0.05, 0.1) is 7.11 Å². The molecule has 1 rings (SSSR count). The highest BCUT2D eigenvalue weighted by Crippen LogP contribution is 2.23. The van der Waals surface area contributed by atoms with Gasteiger partial charge in [0.25, 0.3) is 0 Å². The highest BCUT2D eigenvalue weighted by molar-refractivity contribution is 5.29. The van der Waals surface area contributed by atoms with Gasteiger partial charge in [-0.1, -0.05) is 6.07 Å². The van der Waals surface area contributed by atoms with Crippen molar-refractivity contribution in [1.82, 2.24) is 0 Å². The van der Waals surface area contributed by atoms with Crippen molar-refractivity contribution < 1.29 is 22.3 Å². The van der Waals surface area contributed by atoms with Crippen molar-refractivity contribution in [2.45, 2.75) is 31.5 Å². The summed E-state index contributed by atoms with van der Waals surface area (Å²) >= 11 is 0.